The molecule has 0 atom stereocenters. The van der Waals surface area contributed by atoms with Crippen LogP contribution in [0.2, 0.25) is 0 Å². The molecule has 1 fully saturated rings. The van der Waals surface area contributed by atoms with Crippen LogP contribution >= 0.6 is 0 Å². The molecule has 0 unspecified atom stereocenters. The standard InChI is InChI=1S/C19H18N4O3/c20-8-9-21-10-12-22(13-11-21)17-7-6-16(14-18(17)23(25)26)19(24)15-4-2-1-3-5-15/h1-7,14H,9-13H2. The minimum Gasteiger partial charge on any atom is -0.363 e. The van der Waals surface area contributed by atoms with Crippen LogP contribution in [0.5, 0.6) is 0 Å². The Balaban J connectivity index is 1.85. The van der Waals surface area contributed by atoms with E-state index in [2.05, 4.69) is 6.07 Å². The summed E-state index contributed by atoms with van der Waals surface area (Å²) in [6.45, 7) is 2.92. The van der Waals surface area contributed by atoms with Crippen LogP contribution in [-0.2, 0) is 0 Å². The van der Waals surface area contributed by atoms with Gasteiger partial charge in [-0.15, -0.1) is 0 Å². The third-order valence-corrected chi connectivity index (χ3v) is 4.48. The van der Waals surface area contributed by atoms with E-state index in [-0.39, 0.29) is 11.5 Å². The first kappa shape index (κ1) is 17.6. The average molecular weight is 350 g/mol. The molecule has 0 aromatic heterocycles. The van der Waals surface area contributed by atoms with Crippen LogP contribution in [0.15, 0.2) is 48.5 Å². The van der Waals surface area contributed by atoms with E-state index in [4.69, 9.17) is 5.26 Å². The lowest BCUT2D eigenvalue weighted by Crippen LogP contribution is -2.46. The maximum Gasteiger partial charge on any atom is 0.293 e. The number of anilines is 1. The van der Waals surface area contributed by atoms with Crippen molar-refractivity contribution in [2.75, 3.05) is 37.6 Å². The molecule has 0 bridgehead atoms. The highest BCUT2D eigenvalue weighted by Gasteiger charge is 2.25. The first-order valence-electron chi connectivity index (χ1n) is 8.32. The SMILES string of the molecule is N#CCN1CCN(c2ccc(C(=O)c3ccccc3)cc2[N+](=O)[O-])CC1. The Morgan fingerprint density at radius 2 is 1.77 bits per heavy atom. The van der Waals surface area contributed by atoms with Gasteiger partial charge >= 0.3 is 0 Å². The molecule has 3 rings (SSSR count). The Morgan fingerprint density at radius 1 is 1.08 bits per heavy atom. The van der Waals surface area contributed by atoms with Gasteiger partial charge in [-0.1, -0.05) is 30.3 Å². The number of nitriles is 1. The van der Waals surface area contributed by atoms with Gasteiger partial charge in [0.25, 0.3) is 5.69 Å². The summed E-state index contributed by atoms with van der Waals surface area (Å²) in [7, 11) is 0. The fraction of sp³-hybridized carbons (Fsp3) is 0.263. The van der Waals surface area contributed by atoms with Crippen molar-refractivity contribution in [2.24, 2.45) is 0 Å². The summed E-state index contributed by atoms with van der Waals surface area (Å²) in [5.41, 5.74) is 1.24. The van der Waals surface area contributed by atoms with Gasteiger partial charge in [-0.2, -0.15) is 5.26 Å². The van der Waals surface area contributed by atoms with Crippen molar-refractivity contribution >= 4 is 17.2 Å². The van der Waals surface area contributed by atoms with Gasteiger partial charge in [0.2, 0.25) is 0 Å². The largest absolute Gasteiger partial charge is 0.363 e. The van der Waals surface area contributed by atoms with Crippen molar-refractivity contribution in [3.8, 4) is 6.07 Å². The molecule has 0 N–H and O–H groups in total. The highest BCUT2D eigenvalue weighted by atomic mass is 16.6. The van der Waals surface area contributed by atoms with Crippen molar-refractivity contribution in [1.82, 2.24) is 4.90 Å². The van der Waals surface area contributed by atoms with Gasteiger partial charge in [-0.25, -0.2) is 0 Å². The van der Waals surface area contributed by atoms with Crippen molar-refractivity contribution in [3.05, 3.63) is 69.8 Å². The predicted molar refractivity (Wildman–Crippen MR) is 97.2 cm³/mol. The average Bonchev–Trinajstić information content (AvgIpc) is 2.68. The molecule has 0 radical (unpaired) electrons. The van der Waals surface area contributed by atoms with Gasteiger partial charge in [-0.05, 0) is 12.1 Å². The summed E-state index contributed by atoms with van der Waals surface area (Å²) >= 11 is 0. The van der Waals surface area contributed by atoms with Gasteiger partial charge in [0.15, 0.2) is 5.78 Å². The highest BCUT2D eigenvalue weighted by molar-refractivity contribution is 6.09. The number of carbonyl (C=O) groups excluding carboxylic acids is 1. The first-order valence-corrected chi connectivity index (χ1v) is 8.32. The minimum absolute atomic E-state index is 0.0690. The van der Waals surface area contributed by atoms with E-state index >= 15 is 0 Å². The second-order valence-electron chi connectivity index (χ2n) is 6.08. The van der Waals surface area contributed by atoms with Gasteiger partial charge in [-0.3, -0.25) is 19.8 Å². The van der Waals surface area contributed by atoms with Crippen molar-refractivity contribution in [2.45, 2.75) is 0 Å². The number of piperazine rings is 1. The monoisotopic (exact) mass is 350 g/mol. The number of hydrogen-bond acceptors (Lipinski definition) is 6. The molecular formula is C19H18N4O3. The quantitative estimate of drug-likeness (QED) is 0.356. The Hall–Kier alpha value is -3.24. The molecule has 1 heterocycles. The Bertz CT molecular complexity index is 853. The number of rotatable bonds is 5. The van der Waals surface area contributed by atoms with Crippen molar-refractivity contribution < 1.29 is 9.72 Å². The lowest BCUT2D eigenvalue weighted by atomic mass is 10.0. The zero-order chi connectivity index (χ0) is 18.5. The zero-order valence-electron chi connectivity index (χ0n) is 14.2. The maximum atomic E-state index is 12.6. The summed E-state index contributed by atoms with van der Waals surface area (Å²) < 4.78 is 0. The number of nitro benzene ring substituents is 1. The molecule has 1 aliphatic heterocycles. The second-order valence-corrected chi connectivity index (χ2v) is 6.08. The predicted octanol–water partition coefficient (Wildman–Crippen LogP) is 2.47. The molecule has 7 heteroatoms. The van der Waals surface area contributed by atoms with Crippen LogP contribution in [0.4, 0.5) is 11.4 Å². The molecule has 2 aromatic carbocycles. The molecule has 0 spiro atoms. The van der Waals surface area contributed by atoms with Gasteiger partial charge in [0, 0.05) is 43.4 Å². The second kappa shape index (κ2) is 7.76. The minimum atomic E-state index is -0.446. The number of nitro groups is 1. The molecule has 2 aromatic rings. The van der Waals surface area contributed by atoms with Crippen molar-refractivity contribution in [3.63, 3.8) is 0 Å². The number of carbonyl (C=O) groups is 1. The van der Waals surface area contributed by atoms with Gasteiger partial charge in [0.1, 0.15) is 5.69 Å². The molecular weight excluding hydrogens is 332 g/mol. The van der Waals surface area contributed by atoms with Crippen LogP contribution in [0.25, 0.3) is 0 Å². The molecule has 0 amide bonds. The Morgan fingerprint density at radius 3 is 2.38 bits per heavy atom. The first-order chi connectivity index (χ1) is 12.6. The van der Waals surface area contributed by atoms with E-state index in [9.17, 15) is 14.9 Å². The zero-order valence-corrected chi connectivity index (χ0v) is 14.2. The third-order valence-electron chi connectivity index (χ3n) is 4.48. The van der Waals surface area contributed by atoms with Crippen LogP contribution in [0.1, 0.15) is 15.9 Å². The van der Waals surface area contributed by atoms with E-state index in [1.165, 1.54) is 6.07 Å². The molecule has 1 saturated heterocycles. The summed E-state index contributed by atoms with van der Waals surface area (Å²) in [6.07, 6.45) is 0. The summed E-state index contributed by atoms with van der Waals surface area (Å²) in [4.78, 5) is 27.6. The Labute approximate surface area is 151 Å². The van der Waals surface area contributed by atoms with E-state index in [0.717, 1.165) is 0 Å². The van der Waals surface area contributed by atoms with E-state index in [1.54, 1.807) is 36.4 Å². The van der Waals surface area contributed by atoms with E-state index in [1.807, 2.05) is 15.9 Å². The fourth-order valence-electron chi connectivity index (χ4n) is 3.08. The molecule has 0 saturated carbocycles. The molecule has 26 heavy (non-hydrogen) atoms. The summed E-state index contributed by atoms with van der Waals surface area (Å²) in [5, 5.41) is 20.3. The van der Waals surface area contributed by atoms with Gasteiger partial charge in [0.05, 0.1) is 17.5 Å². The Kier molecular flexibility index (Phi) is 5.25. The third kappa shape index (κ3) is 3.71. The maximum absolute atomic E-state index is 12.6. The van der Waals surface area contributed by atoms with Crippen molar-refractivity contribution in [1.29, 1.82) is 5.26 Å². The molecule has 7 nitrogen and oxygen atoms in total. The van der Waals surface area contributed by atoms with Crippen LogP contribution in [0.3, 0.4) is 0 Å². The van der Waals surface area contributed by atoms with Crippen LogP contribution in [-0.4, -0.2) is 48.3 Å². The number of nitrogens with zero attached hydrogens (tertiary/aromatic N) is 4. The van der Waals surface area contributed by atoms with Gasteiger partial charge < -0.3 is 4.90 Å². The number of ketones is 1. The normalized spacial score (nSPS) is 14.7. The fourth-order valence-corrected chi connectivity index (χ4v) is 3.08. The topological polar surface area (TPSA) is 90.5 Å². The van der Waals surface area contributed by atoms with E-state index < -0.39 is 4.92 Å². The number of benzene rings is 2. The highest BCUT2D eigenvalue weighted by Crippen LogP contribution is 2.30. The molecule has 0 aliphatic carbocycles. The smallest absolute Gasteiger partial charge is 0.293 e. The van der Waals surface area contributed by atoms with E-state index in [0.29, 0.717) is 49.5 Å². The molecule has 1 aliphatic rings. The summed E-state index contributed by atoms with van der Waals surface area (Å²) in [5.74, 6) is -0.237. The van der Waals surface area contributed by atoms with Crippen LogP contribution < -0.4 is 4.90 Å². The molecule has 132 valence electrons. The van der Waals surface area contributed by atoms with Crippen LogP contribution in [0, 0.1) is 21.4 Å². The number of hydrogen-bond donors (Lipinski definition) is 0. The summed E-state index contributed by atoms with van der Waals surface area (Å²) in [6, 6.07) is 15.5. The lowest BCUT2D eigenvalue weighted by molar-refractivity contribution is -0.384. The lowest BCUT2D eigenvalue weighted by Gasteiger charge is -2.34.